The summed E-state index contributed by atoms with van der Waals surface area (Å²) in [5.74, 6) is 0. The first-order chi connectivity index (χ1) is 13.7. The highest BCUT2D eigenvalue weighted by Gasteiger charge is 2.48. The number of allylic oxidation sites excluding steroid dienone is 1. The fourth-order valence-corrected chi connectivity index (χ4v) is 6.87. The normalized spacial score (nSPS) is 18.6. The molecule has 142 valence electrons. The summed E-state index contributed by atoms with van der Waals surface area (Å²) in [5.41, 5.74) is 2.40. The minimum absolute atomic E-state index is 0.384. The van der Waals surface area contributed by atoms with Crippen molar-refractivity contribution in [2.24, 2.45) is 0 Å². The van der Waals surface area contributed by atoms with Crippen molar-refractivity contribution >= 4 is 23.5 Å². The first-order valence-electron chi connectivity index (χ1n) is 9.91. The summed E-state index contributed by atoms with van der Waals surface area (Å²) in [6, 6.07) is 30.6. The van der Waals surface area contributed by atoms with Crippen LogP contribution in [-0.2, 0) is 4.57 Å². The van der Waals surface area contributed by atoms with Crippen molar-refractivity contribution < 1.29 is 4.57 Å². The first kappa shape index (κ1) is 18.9. The highest BCUT2D eigenvalue weighted by atomic mass is 31.2. The van der Waals surface area contributed by atoms with Gasteiger partial charge in [0.15, 0.2) is 0 Å². The Morgan fingerprint density at radius 1 is 0.857 bits per heavy atom. The molecule has 0 radical (unpaired) electrons. The lowest BCUT2D eigenvalue weighted by atomic mass is 10.0. The van der Waals surface area contributed by atoms with Crippen LogP contribution in [0.15, 0.2) is 97.6 Å². The van der Waals surface area contributed by atoms with Crippen LogP contribution < -0.4 is 10.6 Å². The summed E-state index contributed by atoms with van der Waals surface area (Å²) in [6.45, 7) is 5.14. The fourth-order valence-electron chi connectivity index (χ4n) is 3.83. The van der Waals surface area contributed by atoms with Gasteiger partial charge in [0.1, 0.15) is 0 Å². The number of benzene rings is 3. The Bertz CT molecular complexity index is 926. The molecule has 28 heavy (non-hydrogen) atoms. The van der Waals surface area contributed by atoms with E-state index in [4.69, 9.17) is 0 Å². The van der Waals surface area contributed by atoms with Crippen molar-refractivity contribution in [3.63, 3.8) is 0 Å². The van der Waals surface area contributed by atoms with Crippen LogP contribution in [0.3, 0.4) is 0 Å². The standard InChI is InChI=1S/C25H26NOP/c1-21(22-13-5-2-6-14-22)12-11-15-23-20-26(23)28(27,24-16-7-3-8-17-24)25-18-9-4-10-19-25/h2-10,13-14,16-19,23H,1,11-12,15,20H2. The lowest BCUT2D eigenvalue weighted by Gasteiger charge is -2.21. The Balaban J connectivity index is 1.44. The number of hydrogen-bond donors (Lipinski definition) is 0. The maximum Gasteiger partial charge on any atom is 0.207 e. The fraction of sp³-hybridized carbons (Fsp3) is 0.200. The molecule has 0 amide bonds. The quantitative estimate of drug-likeness (QED) is 0.377. The van der Waals surface area contributed by atoms with E-state index in [1.54, 1.807) is 0 Å². The van der Waals surface area contributed by atoms with Gasteiger partial charge in [-0.1, -0.05) is 73.3 Å². The van der Waals surface area contributed by atoms with E-state index >= 15 is 0 Å². The summed E-state index contributed by atoms with van der Waals surface area (Å²) in [6.07, 6.45) is 3.10. The van der Waals surface area contributed by atoms with E-state index in [1.165, 1.54) is 11.1 Å². The average molecular weight is 387 g/mol. The van der Waals surface area contributed by atoms with Crippen LogP contribution in [0, 0.1) is 0 Å². The van der Waals surface area contributed by atoms with E-state index in [2.05, 4.69) is 35.5 Å². The van der Waals surface area contributed by atoms with Crippen LogP contribution in [-0.4, -0.2) is 17.3 Å². The Morgan fingerprint density at radius 3 is 1.89 bits per heavy atom. The molecule has 2 unspecified atom stereocenters. The Labute approximate surface area is 168 Å². The van der Waals surface area contributed by atoms with Crippen LogP contribution in [0.1, 0.15) is 24.8 Å². The number of nitrogens with zero attached hydrogens (tertiary/aromatic N) is 1. The Morgan fingerprint density at radius 2 is 1.36 bits per heavy atom. The maximum absolute atomic E-state index is 14.2. The molecule has 1 fully saturated rings. The minimum atomic E-state index is -2.75. The second-order valence-electron chi connectivity index (χ2n) is 7.38. The highest BCUT2D eigenvalue weighted by molar-refractivity contribution is 7.76. The lowest BCUT2D eigenvalue weighted by molar-refractivity contribution is 0.552. The van der Waals surface area contributed by atoms with Crippen molar-refractivity contribution in [2.75, 3.05) is 6.54 Å². The third kappa shape index (κ3) is 3.90. The molecule has 3 heteroatoms. The van der Waals surface area contributed by atoms with Gasteiger partial charge in [0.25, 0.3) is 0 Å². The summed E-state index contributed by atoms with van der Waals surface area (Å²) in [4.78, 5) is 0. The van der Waals surface area contributed by atoms with E-state index in [0.717, 1.165) is 36.4 Å². The molecule has 0 aromatic heterocycles. The summed E-state index contributed by atoms with van der Waals surface area (Å²) in [5, 5.41) is 1.86. The van der Waals surface area contributed by atoms with Crippen LogP contribution in [0.25, 0.3) is 5.57 Å². The van der Waals surface area contributed by atoms with E-state index in [-0.39, 0.29) is 0 Å². The summed E-state index contributed by atoms with van der Waals surface area (Å²) in [7, 11) is -2.75. The third-order valence-corrected chi connectivity index (χ3v) is 8.67. The van der Waals surface area contributed by atoms with Gasteiger partial charge in [0.05, 0.1) is 0 Å². The van der Waals surface area contributed by atoms with Gasteiger partial charge in [-0.3, -0.25) is 4.57 Å². The monoisotopic (exact) mass is 387 g/mol. The van der Waals surface area contributed by atoms with Gasteiger partial charge in [-0.25, -0.2) is 4.67 Å². The van der Waals surface area contributed by atoms with E-state index in [0.29, 0.717) is 6.04 Å². The van der Waals surface area contributed by atoms with Crippen molar-refractivity contribution in [2.45, 2.75) is 25.3 Å². The van der Waals surface area contributed by atoms with Gasteiger partial charge in [-0.2, -0.15) is 0 Å². The van der Waals surface area contributed by atoms with Crippen LogP contribution >= 0.6 is 7.29 Å². The highest BCUT2D eigenvalue weighted by Crippen LogP contribution is 2.55. The molecule has 3 aromatic rings. The molecular weight excluding hydrogens is 361 g/mol. The van der Waals surface area contributed by atoms with Gasteiger partial charge in [0.2, 0.25) is 7.29 Å². The average Bonchev–Trinajstić information content (AvgIpc) is 3.55. The predicted molar refractivity (Wildman–Crippen MR) is 120 cm³/mol. The minimum Gasteiger partial charge on any atom is -0.296 e. The predicted octanol–water partition coefficient (Wildman–Crippen LogP) is 5.48. The molecule has 3 aromatic carbocycles. The van der Waals surface area contributed by atoms with Crippen LogP contribution in [0.5, 0.6) is 0 Å². The van der Waals surface area contributed by atoms with E-state index in [1.807, 2.05) is 66.7 Å². The van der Waals surface area contributed by atoms with Crippen LogP contribution in [0.4, 0.5) is 0 Å². The van der Waals surface area contributed by atoms with Gasteiger partial charge in [-0.15, -0.1) is 0 Å². The molecule has 0 N–H and O–H groups in total. The van der Waals surface area contributed by atoms with Crippen molar-refractivity contribution in [3.8, 4) is 0 Å². The molecule has 1 aliphatic rings. The molecule has 0 spiro atoms. The van der Waals surface area contributed by atoms with E-state index < -0.39 is 7.29 Å². The first-order valence-corrected chi connectivity index (χ1v) is 11.6. The molecule has 0 aliphatic carbocycles. The largest absolute Gasteiger partial charge is 0.296 e. The third-order valence-electron chi connectivity index (χ3n) is 5.46. The maximum atomic E-state index is 14.2. The molecule has 1 aliphatic heterocycles. The molecular formula is C25H26NOP. The van der Waals surface area contributed by atoms with Gasteiger partial charge >= 0.3 is 0 Å². The Kier molecular flexibility index (Phi) is 5.62. The second kappa shape index (κ2) is 8.31. The van der Waals surface area contributed by atoms with Crippen molar-refractivity contribution in [3.05, 3.63) is 103 Å². The zero-order valence-corrected chi connectivity index (χ0v) is 17.0. The topological polar surface area (TPSA) is 20.1 Å². The molecule has 1 saturated heterocycles. The van der Waals surface area contributed by atoms with Crippen molar-refractivity contribution in [1.29, 1.82) is 0 Å². The summed E-state index contributed by atoms with van der Waals surface area (Å²) >= 11 is 0. The zero-order chi connectivity index (χ0) is 19.4. The SMILES string of the molecule is C=C(CCCC1CN1P(=O)(c1ccccc1)c1ccccc1)c1ccccc1. The molecule has 0 bridgehead atoms. The zero-order valence-electron chi connectivity index (χ0n) is 16.1. The number of hydrogen-bond acceptors (Lipinski definition) is 1. The molecule has 4 rings (SSSR count). The van der Waals surface area contributed by atoms with Gasteiger partial charge in [0, 0.05) is 23.2 Å². The van der Waals surface area contributed by atoms with Crippen LogP contribution in [0.2, 0.25) is 0 Å². The van der Waals surface area contributed by atoms with Gasteiger partial charge in [-0.05, 0) is 54.7 Å². The summed E-state index contributed by atoms with van der Waals surface area (Å²) < 4.78 is 16.4. The Hall–Kier alpha value is -2.41. The molecule has 2 atom stereocenters. The molecule has 0 saturated carbocycles. The molecule has 1 heterocycles. The van der Waals surface area contributed by atoms with Gasteiger partial charge < -0.3 is 0 Å². The second-order valence-corrected chi connectivity index (χ2v) is 10.1. The molecule has 2 nitrogen and oxygen atoms in total. The lowest BCUT2D eigenvalue weighted by Crippen LogP contribution is -2.22. The van der Waals surface area contributed by atoms with E-state index in [9.17, 15) is 4.57 Å². The van der Waals surface area contributed by atoms with Crippen molar-refractivity contribution in [1.82, 2.24) is 4.67 Å². The smallest absolute Gasteiger partial charge is 0.207 e. The number of rotatable bonds is 8.